The minimum Gasteiger partial charge on any atom is -0.507 e. The molecule has 27 heavy (non-hydrogen) atoms. The lowest BCUT2D eigenvalue weighted by molar-refractivity contribution is -0.147. The Morgan fingerprint density at radius 2 is 2.00 bits per heavy atom. The summed E-state index contributed by atoms with van der Waals surface area (Å²) in [6.07, 6.45) is 1.65. The van der Waals surface area contributed by atoms with Gasteiger partial charge in [-0.3, -0.25) is 0 Å². The molecule has 138 valence electrons. The highest BCUT2D eigenvalue weighted by atomic mass is 16.4. The number of carboxylic acids is 1. The zero-order valence-electron chi connectivity index (χ0n) is 14.9. The van der Waals surface area contributed by atoms with Crippen molar-refractivity contribution in [3.05, 3.63) is 59.7 Å². The van der Waals surface area contributed by atoms with Crippen molar-refractivity contribution in [2.45, 2.75) is 19.6 Å². The van der Waals surface area contributed by atoms with E-state index in [1.54, 1.807) is 23.0 Å². The molecule has 3 N–H and O–H groups in total. The van der Waals surface area contributed by atoms with Crippen molar-refractivity contribution < 1.29 is 20.1 Å². The van der Waals surface area contributed by atoms with Crippen LogP contribution in [0.5, 0.6) is 5.75 Å². The second-order valence-corrected chi connectivity index (χ2v) is 6.61. The summed E-state index contributed by atoms with van der Waals surface area (Å²) in [5, 5.41) is 32.3. The van der Waals surface area contributed by atoms with Gasteiger partial charge in [-0.05, 0) is 19.1 Å². The minimum absolute atomic E-state index is 0.0206. The topological polar surface area (TPSA) is 101 Å². The van der Waals surface area contributed by atoms with Gasteiger partial charge >= 0.3 is 5.97 Å². The maximum absolute atomic E-state index is 11.5. The van der Waals surface area contributed by atoms with Crippen LogP contribution in [-0.2, 0) is 18.4 Å². The zero-order chi connectivity index (χ0) is 19.3. The van der Waals surface area contributed by atoms with Crippen molar-refractivity contribution >= 4 is 27.8 Å². The molecule has 0 aliphatic heterocycles. The average molecular weight is 365 g/mol. The van der Waals surface area contributed by atoms with Crippen LogP contribution in [0.3, 0.4) is 0 Å². The van der Waals surface area contributed by atoms with E-state index in [0.29, 0.717) is 16.5 Å². The molecule has 1 unspecified atom stereocenters. The molecule has 0 aliphatic rings. The molecule has 0 saturated carbocycles. The first-order valence-corrected chi connectivity index (χ1v) is 8.50. The van der Waals surface area contributed by atoms with Gasteiger partial charge in [0.1, 0.15) is 11.6 Å². The van der Waals surface area contributed by atoms with Gasteiger partial charge in [0, 0.05) is 46.9 Å². The average Bonchev–Trinajstić information content (AvgIpc) is 3.18. The number of aliphatic carboxylic acids is 1. The number of phenols is 1. The number of imidazole rings is 1. The number of benzene rings is 2. The molecular weight excluding hydrogens is 346 g/mol. The van der Waals surface area contributed by atoms with Gasteiger partial charge in [-0.25, -0.2) is 9.78 Å². The number of aliphatic hydroxyl groups excluding tert-OH is 1. The van der Waals surface area contributed by atoms with Crippen LogP contribution in [0.4, 0.5) is 0 Å². The Bertz CT molecular complexity index is 1190. The monoisotopic (exact) mass is 365 g/mol. The van der Waals surface area contributed by atoms with Crippen molar-refractivity contribution in [3.8, 4) is 5.75 Å². The van der Waals surface area contributed by atoms with E-state index in [1.807, 2.05) is 42.8 Å². The molecule has 7 heteroatoms. The zero-order valence-corrected chi connectivity index (χ0v) is 14.9. The maximum atomic E-state index is 11.5. The predicted octanol–water partition coefficient (Wildman–Crippen LogP) is 2.71. The second kappa shape index (κ2) is 6.14. The SMILES string of the molecule is Cc1nccn1Cc1c(C(O)C(=O)O)cc2c(c1O)c1ccccc1n2C. The Hall–Kier alpha value is -3.32. The summed E-state index contributed by atoms with van der Waals surface area (Å²) in [5.41, 5.74) is 2.12. The van der Waals surface area contributed by atoms with Crippen LogP contribution in [0.1, 0.15) is 23.1 Å². The Balaban J connectivity index is 2.07. The van der Waals surface area contributed by atoms with Crippen LogP contribution in [-0.4, -0.2) is 35.4 Å². The number of aliphatic hydroxyl groups is 1. The number of nitrogens with zero attached hydrogens (tertiary/aromatic N) is 3. The maximum Gasteiger partial charge on any atom is 0.337 e. The van der Waals surface area contributed by atoms with E-state index in [1.165, 1.54) is 0 Å². The van der Waals surface area contributed by atoms with Gasteiger partial charge < -0.3 is 24.5 Å². The number of aromatic hydroxyl groups is 1. The molecule has 0 radical (unpaired) electrons. The fraction of sp³-hybridized carbons (Fsp3) is 0.200. The fourth-order valence-electron chi connectivity index (χ4n) is 3.64. The number of aryl methyl sites for hydroxylation is 2. The van der Waals surface area contributed by atoms with Crippen molar-refractivity contribution in [1.29, 1.82) is 0 Å². The van der Waals surface area contributed by atoms with E-state index < -0.39 is 12.1 Å². The highest BCUT2D eigenvalue weighted by molar-refractivity contribution is 6.12. The summed E-state index contributed by atoms with van der Waals surface area (Å²) in [7, 11) is 1.85. The summed E-state index contributed by atoms with van der Waals surface area (Å²) in [5.74, 6) is -0.660. The molecule has 0 fully saturated rings. The summed E-state index contributed by atoms with van der Waals surface area (Å²) in [4.78, 5) is 15.6. The molecule has 4 rings (SSSR count). The van der Waals surface area contributed by atoms with E-state index in [2.05, 4.69) is 4.98 Å². The van der Waals surface area contributed by atoms with Crippen LogP contribution < -0.4 is 0 Å². The van der Waals surface area contributed by atoms with Gasteiger partial charge in [-0.2, -0.15) is 0 Å². The van der Waals surface area contributed by atoms with E-state index >= 15 is 0 Å². The lowest BCUT2D eigenvalue weighted by Gasteiger charge is -2.17. The first-order valence-electron chi connectivity index (χ1n) is 8.50. The molecule has 7 nitrogen and oxygen atoms in total. The van der Waals surface area contributed by atoms with E-state index in [4.69, 9.17) is 0 Å². The summed E-state index contributed by atoms with van der Waals surface area (Å²) in [6.45, 7) is 2.03. The molecular formula is C20H19N3O4. The van der Waals surface area contributed by atoms with Gasteiger partial charge in [0.2, 0.25) is 0 Å². The first kappa shape index (κ1) is 17.1. The number of phenolic OH excluding ortho intramolecular Hbond substituents is 1. The van der Waals surface area contributed by atoms with E-state index in [9.17, 15) is 20.1 Å². The Morgan fingerprint density at radius 3 is 2.67 bits per heavy atom. The number of para-hydroxylation sites is 1. The molecule has 4 aromatic rings. The van der Waals surface area contributed by atoms with Gasteiger partial charge in [-0.1, -0.05) is 18.2 Å². The van der Waals surface area contributed by atoms with Crippen molar-refractivity contribution in [2.75, 3.05) is 0 Å². The lowest BCUT2D eigenvalue weighted by atomic mass is 9.97. The Labute approximate surface area is 154 Å². The molecule has 2 aromatic heterocycles. The second-order valence-electron chi connectivity index (χ2n) is 6.61. The summed E-state index contributed by atoms with van der Waals surface area (Å²) in [6, 6.07) is 9.29. The van der Waals surface area contributed by atoms with E-state index in [0.717, 1.165) is 16.7 Å². The normalized spacial score (nSPS) is 12.7. The van der Waals surface area contributed by atoms with Gasteiger partial charge in [0.05, 0.1) is 12.1 Å². The minimum atomic E-state index is -1.74. The number of fused-ring (bicyclic) bond motifs is 3. The Kier molecular flexibility index (Phi) is 3.89. The predicted molar refractivity (Wildman–Crippen MR) is 101 cm³/mol. The molecule has 2 heterocycles. The van der Waals surface area contributed by atoms with Crippen LogP contribution >= 0.6 is 0 Å². The summed E-state index contributed by atoms with van der Waals surface area (Å²) < 4.78 is 3.68. The Morgan fingerprint density at radius 1 is 1.26 bits per heavy atom. The highest BCUT2D eigenvalue weighted by Gasteiger charge is 2.26. The number of carboxylic acid groups (broad SMARTS) is 1. The summed E-state index contributed by atoms with van der Waals surface area (Å²) >= 11 is 0. The lowest BCUT2D eigenvalue weighted by Crippen LogP contribution is -2.15. The number of carbonyl (C=O) groups is 1. The molecule has 0 saturated heterocycles. The third-order valence-corrected chi connectivity index (χ3v) is 5.10. The highest BCUT2D eigenvalue weighted by Crippen LogP contribution is 2.40. The number of hydrogen-bond acceptors (Lipinski definition) is 4. The van der Waals surface area contributed by atoms with Gasteiger partial charge in [0.25, 0.3) is 0 Å². The molecule has 2 aromatic carbocycles. The third-order valence-electron chi connectivity index (χ3n) is 5.10. The molecule has 0 amide bonds. The standard InChI is InChI=1S/C20H19N3O4/c1-11-21-7-8-23(11)10-14-13(19(25)20(26)27)9-16-17(18(14)24)12-5-3-4-6-15(12)22(16)2/h3-9,19,24-25H,10H2,1-2H3,(H,26,27). The van der Waals surface area contributed by atoms with Crippen LogP contribution in [0, 0.1) is 6.92 Å². The van der Waals surface area contributed by atoms with Crippen LogP contribution in [0.2, 0.25) is 0 Å². The largest absolute Gasteiger partial charge is 0.507 e. The third kappa shape index (κ3) is 2.55. The molecule has 1 atom stereocenters. The number of rotatable bonds is 4. The molecule has 0 spiro atoms. The number of hydrogen-bond donors (Lipinski definition) is 3. The van der Waals surface area contributed by atoms with Crippen molar-refractivity contribution in [1.82, 2.24) is 14.1 Å². The van der Waals surface area contributed by atoms with Crippen LogP contribution in [0.25, 0.3) is 21.8 Å². The first-order chi connectivity index (χ1) is 12.9. The molecule has 0 aliphatic carbocycles. The fourth-order valence-corrected chi connectivity index (χ4v) is 3.64. The van der Waals surface area contributed by atoms with Crippen molar-refractivity contribution in [2.24, 2.45) is 7.05 Å². The van der Waals surface area contributed by atoms with Crippen LogP contribution in [0.15, 0.2) is 42.7 Å². The quantitative estimate of drug-likeness (QED) is 0.516. The number of aromatic nitrogens is 3. The smallest absolute Gasteiger partial charge is 0.337 e. The van der Waals surface area contributed by atoms with E-state index in [-0.39, 0.29) is 17.9 Å². The van der Waals surface area contributed by atoms with Gasteiger partial charge in [0.15, 0.2) is 6.10 Å². The van der Waals surface area contributed by atoms with Crippen molar-refractivity contribution in [3.63, 3.8) is 0 Å². The molecule has 0 bridgehead atoms. The van der Waals surface area contributed by atoms with Gasteiger partial charge in [-0.15, -0.1) is 0 Å².